The van der Waals surface area contributed by atoms with Gasteiger partial charge in [0.05, 0.1) is 35.6 Å². The molecule has 1 aromatic carbocycles. The number of methoxy groups -OCH3 is 1. The molecular formula is C13H14BrF2N3O. The van der Waals surface area contributed by atoms with Crippen molar-refractivity contribution in [1.29, 1.82) is 0 Å². The van der Waals surface area contributed by atoms with Crippen molar-refractivity contribution in [2.24, 2.45) is 5.73 Å². The Morgan fingerprint density at radius 1 is 1.40 bits per heavy atom. The molecule has 1 heterocycles. The first-order valence-electron chi connectivity index (χ1n) is 5.96. The number of nitrogens with zero attached hydrogens (tertiary/aromatic N) is 2. The second kappa shape index (κ2) is 6.43. The van der Waals surface area contributed by atoms with Crippen LogP contribution in [-0.4, -0.2) is 23.5 Å². The van der Waals surface area contributed by atoms with E-state index in [4.69, 9.17) is 10.5 Å². The molecule has 0 radical (unpaired) electrons. The summed E-state index contributed by atoms with van der Waals surface area (Å²) in [4.78, 5) is 0. The Labute approximate surface area is 123 Å². The van der Waals surface area contributed by atoms with E-state index in [1.807, 2.05) is 0 Å². The van der Waals surface area contributed by atoms with Crippen molar-refractivity contribution in [3.63, 3.8) is 0 Å². The minimum Gasteiger partial charge on any atom is -0.383 e. The highest BCUT2D eigenvalue weighted by atomic mass is 79.9. The first kappa shape index (κ1) is 15.1. The van der Waals surface area contributed by atoms with Crippen LogP contribution in [0.4, 0.5) is 8.78 Å². The quantitative estimate of drug-likeness (QED) is 0.906. The Kier molecular flexibility index (Phi) is 4.85. The summed E-state index contributed by atoms with van der Waals surface area (Å²) in [5.74, 6) is -1.35. The Bertz CT molecular complexity index is 583. The summed E-state index contributed by atoms with van der Waals surface area (Å²) < 4.78 is 34.8. The molecule has 108 valence electrons. The standard InChI is InChI=1S/C13H14BrF2N3O/c1-20-6-5-19-13(8(14)7-18-19)12(17)11-9(15)3-2-4-10(11)16/h2-4,7,12H,5-6,17H2,1H3. The van der Waals surface area contributed by atoms with Crippen LogP contribution in [0.25, 0.3) is 0 Å². The largest absolute Gasteiger partial charge is 0.383 e. The summed E-state index contributed by atoms with van der Waals surface area (Å²) in [5, 5.41) is 4.12. The fraction of sp³-hybridized carbons (Fsp3) is 0.308. The lowest BCUT2D eigenvalue weighted by molar-refractivity contribution is 0.182. The molecule has 0 aliphatic heterocycles. The molecule has 4 nitrogen and oxygen atoms in total. The Balaban J connectivity index is 2.43. The number of nitrogens with two attached hydrogens (primary N) is 1. The summed E-state index contributed by atoms with van der Waals surface area (Å²) >= 11 is 3.31. The molecule has 0 aliphatic carbocycles. The van der Waals surface area contributed by atoms with E-state index in [-0.39, 0.29) is 5.56 Å². The highest BCUT2D eigenvalue weighted by molar-refractivity contribution is 9.10. The van der Waals surface area contributed by atoms with Crippen LogP contribution in [0.1, 0.15) is 17.3 Å². The highest BCUT2D eigenvalue weighted by Gasteiger charge is 2.24. The van der Waals surface area contributed by atoms with Crippen molar-refractivity contribution in [3.8, 4) is 0 Å². The molecule has 0 amide bonds. The number of halogens is 3. The van der Waals surface area contributed by atoms with Gasteiger partial charge >= 0.3 is 0 Å². The molecule has 0 aliphatic rings. The highest BCUT2D eigenvalue weighted by Crippen LogP contribution is 2.29. The van der Waals surface area contributed by atoms with E-state index < -0.39 is 17.7 Å². The van der Waals surface area contributed by atoms with E-state index in [2.05, 4.69) is 21.0 Å². The number of ether oxygens (including phenoxy) is 1. The SMILES string of the molecule is COCCn1ncc(Br)c1C(N)c1c(F)cccc1F. The summed E-state index contributed by atoms with van der Waals surface area (Å²) in [6.07, 6.45) is 1.55. The average Bonchev–Trinajstić information content (AvgIpc) is 2.77. The Morgan fingerprint density at radius 3 is 2.65 bits per heavy atom. The second-order valence-corrected chi connectivity index (χ2v) is 5.06. The maximum Gasteiger partial charge on any atom is 0.131 e. The first-order chi connectivity index (χ1) is 9.56. The van der Waals surface area contributed by atoms with Crippen LogP contribution < -0.4 is 5.73 Å². The number of hydrogen-bond donors (Lipinski definition) is 1. The van der Waals surface area contributed by atoms with Gasteiger partial charge in [0.15, 0.2) is 0 Å². The van der Waals surface area contributed by atoms with Gasteiger partial charge in [0.25, 0.3) is 0 Å². The van der Waals surface area contributed by atoms with E-state index in [1.165, 1.54) is 18.2 Å². The molecule has 0 bridgehead atoms. The van der Waals surface area contributed by atoms with Crippen LogP contribution >= 0.6 is 15.9 Å². The van der Waals surface area contributed by atoms with Crippen LogP contribution in [0, 0.1) is 11.6 Å². The lowest BCUT2D eigenvalue weighted by Crippen LogP contribution is -2.21. The zero-order valence-electron chi connectivity index (χ0n) is 10.8. The van der Waals surface area contributed by atoms with Gasteiger partial charge in [-0.15, -0.1) is 0 Å². The number of rotatable bonds is 5. The van der Waals surface area contributed by atoms with E-state index in [9.17, 15) is 8.78 Å². The zero-order valence-corrected chi connectivity index (χ0v) is 12.4. The monoisotopic (exact) mass is 345 g/mol. The van der Waals surface area contributed by atoms with Gasteiger partial charge in [-0.1, -0.05) is 6.07 Å². The van der Waals surface area contributed by atoms with Gasteiger partial charge in [0.2, 0.25) is 0 Å². The fourth-order valence-electron chi connectivity index (χ4n) is 1.98. The molecule has 1 unspecified atom stereocenters. The number of benzene rings is 1. The minimum atomic E-state index is -0.954. The molecule has 1 aromatic heterocycles. The molecule has 1 atom stereocenters. The van der Waals surface area contributed by atoms with E-state index in [1.54, 1.807) is 18.0 Å². The second-order valence-electron chi connectivity index (χ2n) is 4.21. The summed E-state index contributed by atoms with van der Waals surface area (Å²) in [6, 6.07) is 2.72. The topological polar surface area (TPSA) is 53.1 Å². The van der Waals surface area contributed by atoms with Gasteiger partial charge in [-0.3, -0.25) is 4.68 Å². The third kappa shape index (κ3) is 2.89. The first-order valence-corrected chi connectivity index (χ1v) is 6.75. The third-order valence-electron chi connectivity index (χ3n) is 2.95. The predicted octanol–water partition coefficient (Wildman–Crippen LogP) is 2.62. The summed E-state index contributed by atoms with van der Waals surface area (Å²) in [7, 11) is 1.56. The lowest BCUT2D eigenvalue weighted by atomic mass is 10.0. The van der Waals surface area contributed by atoms with Gasteiger partial charge < -0.3 is 10.5 Å². The number of hydrogen-bond acceptors (Lipinski definition) is 3. The molecule has 2 N–H and O–H groups in total. The van der Waals surface area contributed by atoms with Crippen molar-refractivity contribution in [3.05, 3.63) is 51.8 Å². The van der Waals surface area contributed by atoms with E-state index >= 15 is 0 Å². The van der Waals surface area contributed by atoms with Crippen LogP contribution in [0.2, 0.25) is 0 Å². The molecular weight excluding hydrogens is 332 g/mol. The molecule has 20 heavy (non-hydrogen) atoms. The average molecular weight is 346 g/mol. The predicted molar refractivity (Wildman–Crippen MR) is 74.2 cm³/mol. The smallest absolute Gasteiger partial charge is 0.131 e. The molecule has 0 saturated heterocycles. The number of aromatic nitrogens is 2. The summed E-state index contributed by atoms with van der Waals surface area (Å²) in [5.41, 5.74) is 6.36. The molecule has 2 aromatic rings. The fourth-order valence-corrected chi connectivity index (χ4v) is 2.52. The Hall–Kier alpha value is -1.31. The minimum absolute atomic E-state index is 0.174. The molecule has 2 rings (SSSR count). The maximum absolute atomic E-state index is 13.8. The van der Waals surface area contributed by atoms with Gasteiger partial charge in [0, 0.05) is 12.7 Å². The summed E-state index contributed by atoms with van der Waals surface area (Å²) in [6.45, 7) is 0.870. The van der Waals surface area contributed by atoms with Crippen molar-refractivity contribution in [2.45, 2.75) is 12.6 Å². The van der Waals surface area contributed by atoms with Gasteiger partial charge in [-0.25, -0.2) is 8.78 Å². The Morgan fingerprint density at radius 2 is 2.05 bits per heavy atom. The van der Waals surface area contributed by atoms with Crippen LogP contribution in [0.3, 0.4) is 0 Å². The molecule has 0 saturated carbocycles. The van der Waals surface area contributed by atoms with Gasteiger partial charge in [0.1, 0.15) is 11.6 Å². The molecule has 0 fully saturated rings. The lowest BCUT2D eigenvalue weighted by Gasteiger charge is -2.16. The van der Waals surface area contributed by atoms with E-state index in [0.717, 1.165) is 0 Å². The normalized spacial score (nSPS) is 12.7. The van der Waals surface area contributed by atoms with Crippen molar-refractivity contribution in [1.82, 2.24) is 9.78 Å². The third-order valence-corrected chi connectivity index (χ3v) is 3.56. The zero-order chi connectivity index (χ0) is 14.7. The molecule has 0 spiro atoms. The van der Waals surface area contributed by atoms with Gasteiger partial charge in [-0.2, -0.15) is 5.10 Å². The van der Waals surface area contributed by atoms with Crippen molar-refractivity contribution >= 4 is 15.9 Å². The van der Waals surface area contributed by atoms with Crippen LogP contribution in [0.15, 0.2) is 28.9 Å². The van der Waals surface area contributed by atoms with Crippen molar-refractivity contribution in [2.75, 3.05) is 13.7 Å². The van der Waals surface area contributed by atoms with Crippen LogP contribution in [0.5, 0.6) is 0 Å². The van der Waals surface area contributed by atoms with Gasteiger partial charge in [-0.05, 0) is 28.1 Å². The van der Waals surface area contributed by atoms with Crippen LogP contribution in [-0.2, 0) is 11.3 Å². The van der Waals surface area contributed by atoms with Crippen molar-refractivity contribution < 1.29 is 13.5 Å². The molecule has 7 heteroatoms. The maximum atomic E-state index is 13.8. The van der Waals surface area contributed by atoms with E-state index in [0.29, 0.717) is 23.3 Å².